The van der Waals surface area contributed by atoms with Gasteiger partial charge in [-0.15, -0.1) is 0 Å². The van der Waals surface area contributed by atoms with E-state index in [0.717, 1.165) is 30.0 Å². The zero-order valence-electron chi connectivity index (χ0n) is 12.2. The first kappa shape index (κ1) is 13.6. The predicted molar refractivity (Wildman–Crippen MR) is 85.6 cm³/mol. The van der Waals surface area contributed by atoms with E-state index in [2.05, 4.69) is 30.4 Å². The third-order valence-electron chi connectivity index (χ3n) is 3.52. The monoisotopic (exact) mass is 284 g/mol. The van der Waals surface area contributed by atoms with E-state index < -0.39 is 0 Å². The van der Waals surface area contributed by atoms with E-state index in [1.807, 2.05) is 18.2 Å². The van der Waals surface area contributed by atoms with Gasteiger partial charge in [0.2, 0.25) is 0 Å². The Kier molecular flexibility index (Phi) is 3.86. The standard InChI is InChI=1S/C17H20N2O2/c1-2-5-12-6-3-4-7-14(12)19-15-11-17-16(10-13(15)18)20-8-9-21-17/h3-4,6-7,10-11,19H,2,5,8-9,18H2,1H3. The molecular formula is C17H20N2O2. The molecule has 1 heterocycles. The summed E-state index contributed by atoms with van der Waals surface area (Å²) in [5, 5.41) is 3.42. The Balaban J connectivity index is 1.91. The third kappa shape index (κ3) is 2.89. The molecular weight excluding hydrogens is 264 g/mol. The van der Waals surface area contributed by atoms with Gasteiger partial charge in [-0.3, -0.25) is 0 Å². The van der Waals surface area contributed by atoms with Crippen LogP contribution in [0.2, 0.25) is 0 Å². The van der Waals surface area contributed by atoms with Gasteiger partial charge in [-0.1, -0.05) is 31.5 Å². The zero-order chi connectivity index (χ0) is 14.7. The lowest BCUT2D eigenvalue weighted by Crippen LogP contribution is -2.15. The van der Waals surface area contributed by atoms with Gasteiger partial charge in [-0.2, -0.15) is 0 Å². The van der Waals surface area contributed by atoms with Crippen LogP contribution in [0.5, 0.6) is 11.5 Å². The van der Waals surface area contributed by atoms with Gasteiger partial charge in [-0.25, -0.2) is 0 Å². The van der Waals surface area contributed by atoms with Crippen LogP contribution >= 0.6 is 0 Å². The van der Waals surface area contributed by atoms with Crippen molar-refractivity contribution in [1.29, 1.82) is 0 Å². The average molecular weight is 284 g/mol. The van der Waals surface area contributed by atoms with Crippen molar-refractivity contribution in [3.63, 3.8) is 0 Å². The topological polar surface area (TPSA) is 56.5 Å². The summed E-state index contributed by atoms with van der Waals surface area (Å²) in [5.41, 5.74) is 10.00. The van der Waals surface area contributed by atoms with Gasteiger partial charge in [-0.05, 0) is 18.1 Å². The zero-order valence-corrected chi connectivity index (χ0v) is 12.2. The van der Waals surface area contributed by atoms with Crippen LogP contribution in [0, 0.1) is 0 Å². The fraction of sp³-hybridized carbons (Fsp3) is 0.294. The highest BCUT2D eigenvalue weighted by molar-refractivity contribution is 5.77. The van der Waals surface area contributed by atoms with Crippen molar-refractivity contribution >= 4 is 17.1 Å². The molecule has 0 unspecified atom stereocenters. The number of hydrogen-bond donors (Lipinski definition) is 2. The van der Waals surface area contributed by atoms with E-state index >= 15 is 0 Å². The lowest BCUT2D eigenvalue weighted by atomic mass is 10.1. The normalized spacial score (nSPS) is 13.0. The second kappa shape index (κ2) is 5.95. The van der Waals surface area contributed by atoms with E-state index in [-0.39, 0.29) is 0 Å². The Morgan fingerprint density at radius 1 is 1.05 bits per heavy atom. The number of anilines is 3. The maximum Gasteiger partial charge on any atom is 0.163 e. The summed E-state index contributed by atoms with van der Waals surface area (Å²) in [7, 11) is 0. The summed E-state index contributed by atoms with van der Waals surface area (Å²) in [6.45, 7) is 3.32. The number of nitrogens with two attached hydrogens (primary N) is 1. The van der Waals surface area contributed by atoms with Crippen LogP contribution < -0.4 is 20.5 Å². The summed E-state index contributed by atoms with van der Waals surface area (Å²) >= 11 is 0. The number of hydrogen-bond acceptors (Lipinski definition) is 4. The van der Waals surface area contributed by atoms with Gasteiger partial charge < -0.3 is 20.5 Å². The van der Waals surface area contributed by atoms with E-state index in [9.17, 15) is 0 Å². The number of benzene rings is 2. The van der Waals surface area contributed by atoms with Crippen LogP contribution in [0.1, 0.15) is 18.9 Å². The number of nitrogen functional groups attached to an aromatic ring is 1. The molecule has 110 valence electrons. The average Bonchev–Trinajstić information content (AvgIpc) is 2.50. The van der Waals surface area contributed by atoms with Crippen molar-refractivity contribution in [2.45, 2.75) is 19.8 Å². The lowest BCUT2D eigenvalue weighted by Gasteiger charge is -2.21. The Morgan fingerprint density at radius 3 is 2.52 bits per heavy atom. The van der Waals surface area contributed by atoms with E-state index in [1.165, 1.54) is 5.56 Å². The highest BCUT2D eigenvalue weighted by Gasteiger charge is 2.15. The molecule has 1 aliphatic heterocycles. The van der Waals surface area contributed by atoms with E-state index in [0.29, 0.717) is 24.7 Å². The maximum atomic E-state index is 6.12. The first-order valence-corrected chi connectivity index (χ1v) is 7.32. The van der Waals surface area contributed by atoms with Crippen LogP contribution in [-0.2, 0) is 6.42 Å². The molecule has 21 heavy (non-hydrogen) atoms. The van der Waals surface area contributed by atoms with Crippen LogP contribution in [0.3, 0.4) is 0 Å². The molecule has 0 fully saturated rings. The molecule has 3 N–H and O–H groups in total. The summed E-state index contributed by atoms with van der Waals surface area (Å²) in [4.78, 5) is 0. The fourth-order valence-electron chi connectivity index (χ4n) is 2.49. The molecule has 2 aromatic carbocycles. The Morgan fingerprint density at radius 2 is 1.76 bits per heavy atom. The summed E-state index contributed by atoms with van der Waals surface area (Å²) in [6.07, 6.45) is 2.14. The maximum absolute atomic E-state index is 6.12. The first-order chi connectivity index (χ1) is 10.3. The number of ether oxygens (including phenoxy) is 2. The smallest absolute Gasteiger partial charge is 0.163 e. The third-order valence-corrected chi connectivity index (χ3v) is 3.52. The molecule has 0 amide bonds. The molecule has 3 rings (SSSR count). The van der Waals surface area contributed by atoms with Gasteiger partial charge in [0.05, 0.1) is 11.4 Å². The number of para-hydroxylation sites is 1. The van der Waals surface area contributed by atoms with E-state index in [1.54, 1.807) is 0 Å². The molecule has 0 radical (unpaired) electrons. The van der Waals surface area contributed by atoms with Crippen LogP contribution in [0.4, 0.5) is 17.1 Å². The molecule has 0 aliphatic carbocycles. The molecule has 4 nitrogen and oxygen atoms in total. The number of rotatable bonds is 4. The Labute approximate surface area is 124 Å². The Hall–Kier alpha value is -2.36. The molecule has 4 heteroatoms. The molecule has 2 aromatic rings. The largest absolute Gasteiger partial charge is 0.486 e. The van der Waals surface area contributed by atoms with Crippen LogP contribution in [0.25, 0.3) is 0 Å². The molecule has 0 spiro atoms. The lowest BCUT2D eigenvalue weighted by molar-refractivity contribution is 0.172. The number of nitrogens with one attached hydrogen (secondary N) is 1. The first-order valence-electron chi connectivity index (χ1n) is 7.32. The van der Waals surface area contributed by atoms with Gasteiger partial charge in [0.15, 0.2) is 11.5 Å². The minimum atomic E-state index is 0.568. The predicted octanol–water partition coefficient (Wildman–Crippen LogP) is 3.74. The molecule has 0 aromatic heterocycles. The molecule has 1 aliphatic rings. The van der Waals surface area contributed by atoms with Crippen molar-refractivity contribution in [3.05, 3.63) is 42.0 Å². The van der Waals surface area contributed by atoms with Crippen LogP contribution in [-0.4, -0.2) is 13.2 Å². The van der Waals surface area contributed by atoms with Gasteiger partial charge in [0.1, 0.15) is 13.2 Å². The van der Waals surface area contributed by atoms with Gasteiger partial charge >= 0.3 is 0 Å². The van der Waals surface area contributed by atoms with Gasteiger partial charge in [0, 0.05) is 17.8 Å². The highest BCUT2D eigenvalue weighted by atomic mass is 16.6. The van der Waals surface area contributed by atoms with Crippen molar-refractivity contribution in [2.75, 3.05) is 24.3 Å². The number of aryl methyl sites for hydroxylation is 1. The highest BCUT2D eigenvalue weighted by Crippen LogP contribution is 2.38. The summed E-state index contributed by atoms with van der Waals surface area (Å²) < 4.78 is 11.2. The minimum Gasteiger partial charge on any atom is -0.486 e. The molecule has 0 saturated heterocycles. The SMILES string of the molecule is CCCc1ccccc1Nc1cc2c(cc1N)OCCO2. The fourth-order valence-corrected chi connectivity index (χ4v) is 2.49. The van der Waals surface area contributed by atoms with Gasteiger partial charge in [0.25, 0.3) is 0 Å². The van der Waals surface area contributed by atoms with E-state index in [4.69, 9.17) is 15.2 Å². The summed E-state index contributed by atoms with van der Waals surface area (Å²) in [5.74, 6) is 1.46. The van der Waals surface area contributed by atoms with Crippen molar-refractivity contribution in [2.24, 2.45) is 0 Å². The van der Waals surface area contributed by atoms with Crippen LogP contribution in [0.15, 0.2) is 36.4 Å². The second-order valence-corrected chi connectivity index (χ2v) is 5.12. The molecule has 0 saturated carbocycles. The minimum absolute atomic E-state index is 0.568. The quantitative estimate of drug-likeness (QED) is 0.840. The molecule has 0 atom stereocenters. The van der Waals surface area contributed by atoms with Crippen molar-refractivity contribution < 1.29 is 9.47 Å². The number of fused-ring (bicyclic) bond motifs is 1. The Bertz CT molecular complexity index is 641. The van der Waals surface area contributed by atoms with Crippen molar-refractivity contribution in [1.82, 2.24) is 0 Å². The molecule has 0 bridgehead atoms. The second-order valence-electron chi connectivity index (χ2n) is 5.12. The summed E-state index contributed by atoms with van der Waals surface area (Å²) in [6, 6.07) is 12.0. The van der Waals surface area contributed by atoms with Crippen molar-refractivity contribution in [3.8, 4) is 11.5 Å².